The van der Waals surface area contributed by atoms with Crippen LogP contribution in [0.3, 0.4) is 0 Å². The van der Waals surface area contributed by atoms with Gasteiger partial charge in [0.1, 0.15) is 28.8 Å². The van der Waals surface area contributed by atoms with Crippen molar-refractivity contribution in [1.29, 1.82) is 0 Å². The quantitative estimate of drug-likeness (QED) is 0.390. The summed E-state index contributed by atoms with van der Waals surface area (Å²) >= 11 is 0. The van der Waals surface area contributed by atoms with Crippen LogP contribution < -0.4 is 9.47 Å². The molecule has 0 amide bonds. The third-order valence-electron chi connectivity index (χ3n) is 3.59. The largest absolute Gasteiger partial charge is 0.508 e. The first-order chi connectivity index (χ1) is 12.9. The van der Waals surface area contributed by atoms with Gasteiger partial charge in [-0.3, -0.25) is 4.79 Å². The highest BCUT2D eigenvalue weighted by Gasteiger charge is 2.03. The normalized spacial score (nSPS) is 11.9. The molecule has 2 rings (SSSR count). The fourth-order valence-electron chi connectivity index (χ4n) is 2.26. The van der Waals surface area contributed by atoms with Crippen molar-refractivity contribution in [2.75, 3.05) is 14.2 Å². The van der Waals surface area contributed by atoms with Crippen LogP contribution in [0.15, 0.2) is 60.4 Å². The van der Waals surface area contributed by atoms with Crippen LogP contribution in [-0.4, -0.2) is 35.3 Å². The molecule has 3 N–H and O–H groups in total. The minimum absolute atomic E-state index is 0.0580. The average Bonchev–Trinajstić information content (AvgIpc) is 2.65. The average molecular weight is 368 g/mol. The predicted octanol–water partition coefficient (Wildman–Crippen LogP) is 3.85. The van der Waals surface area contributed by atoms with Gasteiger partial charge in [-0.05, 0) is 48.6 Å². The van der Waals surface area contributed by atoms with Crippen LogP contribution in [0.25, 0.3) is 12.2 Å². The molecule has 0 atom stereocenters. The van der Waals surface area contributed by atoms with E-state index < -0.39 is 5.78 Å². The molecule has 2 aromatic rings. The van der Waals surface area contributed by atoms with Crippen LogP contribution in [0.2, 0.25) is 0 Å². The van der Waals surface area contributed by atoms with Gasteiger partial charge >= 0.3 is 0 Å². The Kier molecular flexibility index (Phi) is 6.66. The van der Waals surface area contributed by atoms with Crippen molar-refractivity contribution >= 4 is 17.9 Å². The van der Waals surface area contributed by atoms with E-state index in [1.165, 1.54) is 56.7 Å². The summed E-state index contributed by atoms with van der Waals surface area (Å²) in [6, 6.07) is 9.08. The number of hydrogen-bond acceptors (Lipinski definition) is 6. The molecule has 0 unspecified atom stereocenters. The maximum atomic E-state index is 12.0. The summed E-state index contributed by atoms with van der Waals surface area (Å²) in [6.07, 6.45) is 6.77. The maximum absolute atomic E-state index is 12.0. The molecule has 0 aliphatic rings. The summed E-state index contributed by atoms with van der Waals surface area (Å²) in [4.78, 5) is 12.0. The number of ketones is 1. The number of benzene rings is 2. The van der Waals surface area contributed by atoms with Crippen LogP contribution >= 0.6 is 0 Å². The van der Waals surface area contributed by atoms with E-state index in [0.717, 1.165) is 6.08 Å². The van der Waals surface area contributed by atoms with Gasteiger partial charge in [0.25, 0.3) is 0 Å². The first-order valence-electron chi connectivity index (χ1n) is 7.97. The van der Waals surface area contributed by atoms with Crippen LogP contribution in [0, 0.1) is 0 Å². The molecule has 0 spiro atoms. The molecular weight excluding hydrogens is 348 g/mol. The van der Waals surface area contributed by atoms with Crippen molar-refractivity contribution in [3.63, 3.8) is 0 Å². The van der Waals surface area contributed by atoms with E-state index in [4.69, 9.17) is 9.47 Å². The molecule has 0 aliphatic carbocycles. The number of phenols is 2. The number of aromatic hydroxyl groups is 2. The van der Waals surface area contributed by atoms with Crippen LogP contribution in [0.1, 0.15) is 11.1 Å². The van der Waals surface area contributed by atoms with Gasteiger partial charge in [0.15, 0.2) is 5.78 Å². The van der Waals surface area contributed by atoms with Gasteiger partial charge in [0.2, 0.25) is 0 Å². The van der Waals surface area contributed by atoms with E-state index in [9.17, 15) is 20.1 Å². The smallest absolute Gasteiger partial charge is 0.182 e. The molecule has 0 aromatic heterocycles. The Bertz CT molecular complexity index is 909. The zero-order chi connectivity index (χ0) is 19.8. The highest BCUT2D eigenvalue weighted by Crippen LogP contribution is 2.26. The van der Waals surface area contributed by atoms with Crippen molar-refractivity contribution in [1.82, 2.24) is 0 Å². The lowest BCUT2D eigenvalue weighted by Gasteiger charge is -2.05. The molecule has 0 saturated heterocycles. The first-order valence-corrected chi connectivity index (χ1v) is 7.97. The Morgan fingerprint density at radius 3 is 1.81 bits per heavy atom. The van der Waals surface area contributed by atoms with Crippen molar-refractivity contribution in [3.05, 3.63) is 71.5 Å². The number of allylic oxidation sites excluding steroid dienone is 3. The van der Waals surface area contributed by atoms with Crippen LogP contribution in [-0.2, 0) is 4.79 Å². The van der Waals surface area contributed by atoms with E-state index in [-0.39, 0.29) is 17.3 Å². The first kappa shape index (κ1) is 19.7. The summed E-state index contributed by atoms with van der Waals surface area (Å²) in [7, 11) is 2.93. The molecule has 0 aliphatic heterocycles. The number of rotatable bonds is 7. The lowest BCUT2D eigenvalue weighted by molar-refractivity contribution is -0.110. The molecule has 0 fully saturated rings. The van der Waals surface area contributed by atoms with Gasteiger partial charge in [0.05, 0.1) is 14.2 Å². The fourth-order valence-corrected chi connectivity index (χ4v) is 2.26. The second-order valence-electron chi connectivity index (χ2n) is 5.49. The molecule has 0 bridgehead atoms. The number of ether oxygens (including phenoxy) is 2. The highest BCUT2D eigenvalue weighted by atomic mass is 16.5. The fraction of sp³-hybridized carbons (Fsp3) is 0.0952. The van der Waals surface area contributed by atoms with Gasteiger partial charge in [0, 0.05) is 29.3 Å². The topological polar surface area (TPSA) is 96.2 Å². The minimum Gasteiger partial charge on any atom is -0.508 e. The zero-order valence-corrected chi connectivity index (χ0v) is 14.9. The van der Waals surface area contributed by atoms with Crippen LogP contribution in [0.5, 0.6) is 23.0 Å². The molecule has 27 heavy (non-hydrogen) atoms. The number of hydrogen-bond donors (Lipinski definition) is 3. The number of aliphatic hydroxyl groups is 1. The summed E-state index contributed by atoms with van der Waals surface area (Å²) in [6.45, 7) is 0. The lowest BCUT2D eigenvalue weighted by atomic mass is 10.1. The highest BCUT2D eigenvalue weighted by molar-refractivity contribution is 6.02. The Hall–Kier alpha value is -3.67. The van der Waals surface area contributed by atoms with E-state index >= 15 is 0 Å². The summed E-state index contributed by atoms with van der Waals surface area (Å²) in [5.41, 5.74) is 1.24. The molecule has 0 heterocycles. The van der Waals surface area contributed by atoms with Crippen molar-refractivity contribution in [2.45, 2.75) is 0 Å². The summed E-state index contributed by atoms with van der Waals surface area (Å²) in [5.74, 6) is 0.315. The van der Waals surface area contributed by atoms with Gasteiger partial charge in [-0.1, -0.05) is 0 Å². The maximum Gasteiger partial charge on any atom is 0.182 e. The Morgan fingerprint density at radius 1 is 0.852 bits per heavy atom. The monoisotopic (exact) mass is 368 g/mol. The Labute approximate surface area is 156 Å². The lowest BCUT2D eigenvalue weighted by Crippen LogP contribution is -1.90. The third kappa shape index (κ3) is 5.67. The molecule has 6 nitrogen and oxygen atoms in total. The Morgan fingerprint density at radius 2 is 1.33 bits per heavy atom. The second kappa shape index (κ2) is 9.15. The van der Waals surface area contributed by atoms with Crippen molar-refractivity contribution < 1.29 is 29.6 Å². The SMILES string of the molecule is COc1cc(O)ccc1/C=C/C(=O)/C=C(O)/C=C/c1ccc(O)cc1OC. The van der Waals surface area contributed by atoms with E-state index in [2.05, 4.69) is 0 Å². The molecule has 2 aromatic carbocycles. The van der Waals surface area contributed by atoms with Gasteiger partial charge in [-0.2, -0.15) is 0 Å². The molecule has 140 valence electrons. The summed E-state index contributed by atoms with van der Waals surface area (Å²) < 4.78 is 10.3. The Balaban J connectivity index is 2.11. The number of phenolic OH excluding ortho intramolecular Hbond substituents is 2. The predicted molar refractivity (Wildman–Crippen MR) is 103 cm³/mol. The van der Waals surface area contributed by atoms with E-state index in [1.54, 1.807) is 18.2 Å². The van der Waals surface area contributed by atoms with Crippen molar-refractivity contribution in [3.8, 4) is 23.0 Å². The van der Waals surface area contributed by atoms with Gasteiger partial charge in [-0.25, -0.2) is 0 Å². The van der Waals surface area contributed by atoms with Gasteiger partial charge in [-0.15, -0.1) is 0 Å². The van der Waals surface area contributed by atoms with E-state index in [0.29, 0.717) is 22.6 Å². The number of carbonyl (C=O) groups is 1. The number of aliphatic hydroxyl groups excluding tert-OH is 1. The zero-order valence-electron chi connectivity index (χ0n) is 14.9. The minimum atomic E-state index is -0.426. The standard InChI is InChI=1S/C21H20O6/c1-26-20-12-18(24)9-5-14(20)3-7-16(22)11-17(23)8-4-15-6-10-19(25)13-21(15)27-2/h3-13,22,24-25H,1-2H3/b7-3+,8-4+,16-11-. The van der Waals surface area contributed by atoms with Gasteiger partial charge < -0.3 is 24.8 Å². The van der Waals surface area contributed by atoms with Crippen LogP contribution in [0.4, 0.5) is 0 Å². The molecular formula is C21H20O6. The summed E-state index contributed by atoms with van der Waals surface area (Å²) in [5, 5.41) is 28.8. The van der Waals surface area contributed by atoms with E-state index in [1.807, 2.05) is 0 Å². The number of carbonyl (C=O) groups excluding carboxylic acids is 1. The molecule has 0 radical (unpaired) electrons. The second-order valence-corrected chi connectivity index (χ2v) is 5.49. The number of methoxy groups -OCH3 is 2. The molecule has 6 heteroatoms. The third-order valence-corrected chi connectivity index (χ3v) is 3.59. The molecule has 0 saturated carbocycles. The van der Waals surface area contributed by atoms with Crippen molar-refractivity contribution in [2.24, 2.45) is 0 Å².